The highest BCUT2D eigenvalue weighted by Crippen LogP contribution is 2.61. The molecule has 0 spiro atoms. The van der Waals surface area contributed by atoms with Crippen LogP contribution in [0, 0.1) is 0 Å². The number of para-hydroxylation sites is 2. The van der Waals surface area contributed by atoms with E-state index in [4.69, 9.17) is 0 Å². The van der Waals surface area contributed by atoms with Gasteiger partial charge in [-0.3, -0.25) is 0 Å². The van der Waals surface area contributed by atoms with Crippen molar-refractivity contribution in [3.8, 4) is 16.8 Å². The standard InChI is InChI=1S/C62H50N2SSi/c1-61-39-16-17-40-62(61,2)64(57-35-14-13-34-55(57)61)44-37-38-56-54(42-44)51-31-19-30-50(53-33-20-32-52-49-29-12-15-36-58(49)65-60(52)53)59(51)63(56)43-21-18-28-48(41-43)66(45-22-6-3-7-23-45,46-24-8-4-9-25-46)47-26-10-5-11-27-47/h3-15,18-38,41-42H,16-17,39-40H2,1-2H3. The van der Waals surface area contributed by atoms with Crippen molar-refractivity contribution in [1.29, 1.82) is 0 Å². The predicted molar refractivity (Wildman–Crippen MR) is 286 cm³/mol. The first-order valence-corrected chi connectivity index (χ1v) is 26.5. The molecule has 0 amide bonds. The summed E-state index contributed by atoms with van der Waals surface area (Å²) in [6, 6.07) is 83.0. The maximum Gasteiger partial charge on any atom is 0.179 e. The maximum absolute atomic E-state index is 2.82. The predicted octanol–water partition coefficient (Wildman–Crippen LogP) is 13.9. The molecule has 0 saturated heterocycles. The van der Waals surface area contributed by atoms with Crippen LogP contribution in [-0.4, -0.2) is 18.2 Å². The molecule has 2 aliphatic rings. The highest BCUT2D eigenvalue weighted by molar-refractivity contribution is 7.26. The first kappa shape index (κ1) is 39.4. The van der Waals surface area contributed by atoms with Gasteiger partial charge in [-0.1, -0.05) is 196 Å². The van der Waals surface area contributed by atoms with Gasteiger partial charge in [-0.2, -0.15) is 0 Å². The van der Waals surface area contributed by atoms with Crippen LogP contribution in [0.25, 0.3) is 58.8 Å². The number of hydrogen-bond acceptors (Lipinski definition) is 2. The van der Waals surface area contributed by atoms with E-state index in [1.54, 1.807) is 0 Å². The third kappa shape index (κ3) is 5.52. The van der Waals surface area contributed by atoms with Gasteiger partial charge < -0.3 is 9.47 Å². The summed E-state index contributed by atoms with van der Waals surface area (Å²) in [7, 11) is -2.82. The minimum Gasteiger partial charge on any atom is -0.334 e. The molecule has 4 heteroatoms. The molecule has 9 aromatic carbocycles. The Kier molecular flexibility index (Phi) is 8.97. The van der Waals surface area contributed by atoms with Gasteiger partial charge in [-0.05, 0) is 88.5 Å². The molecular weight excluding hydrogens is 833 g/mol. The van der Waals surface area contributed by atoms with Gasteiger partial charge in [0.25, 0.3) is 0 Å². The molecule has 1 aliphatic heterocycles. The zero-order valence-electron chi connectivity index (χ0n) is 37.4. The lowest BCUT2D eigenvalue weighted by Crippen LogP contribution is -2.74. The summed E-state index contributed by atoms with van der Waals surface area (Å²) in [4.78, 5) is 2.73. The highest BCUT2D eigenvalue weighted by atomic mass is 32.1. The van der Waals surface area contributed by atoms with Crippen molar-refractivity contribution in [2.24, 2.45) is 0 Å². The second-order valence-corrected chi connectivity index (χ2v) is 23.9. The average molecular weight is 883 g/mol. The Hall–Kier alpha value is -6.98. The van der Waals surface area contributed by atoms with Crippen LogP contribution in [0.1, 0.15) is 45.1 Å². The van der Waals surface area contributed by atoms with Crippen LogP contribution in [0.15, 0.2) is 218 Å². The van der Waals surface area contributed by atoms with E-state index in [-0.39, 0.29) is 11.0 Å². The fraction of sp³-hybridized carbons (Fsp3) is 0.129. The third-order valence-electron chi connectivity index (χ3n) is 15.9. The van der Waals surface area contributed by atoms with Crippen LogP contribution in [0.3, 0.4) is 0 Å². The summed E-state index contributed by atoms with van der Waals surface area (Å²) in [5, 5.41) is 10.7. The fourth-order valence-electron chi connectivity index (χ4n) is 12.7. The quantitative estimate of drug-likeness (QED) is 0.114. The number of fused-ring (bicyclic) bond motifs is 9. The second kappa shape index (κ2) is 15.0. The maximum atomic E-state index is 2.73. The van der Waals surface area contributed by atoms with E-state index < -0.39 is 8.07 Å². The van der Waals surface area contributed by atoms with Crippen molar-refractivity contribution in [2.45, 2.75) is 50.5 Å². The van der Waals surface area contributed by atoms with Crippen molar-refractivity contribution >= 4 is 93.5 Å². The van der Waals surface area contributed by atoms with Gasteiger partial charge in [0.05, 0.1) is 16.6 Å². The van der Waals surface area contributed by atoms with Crippen molar-refractivity contribution in [3.63, 3.8) is 0 Å². The van der Waals surface area contributed by atoms with Crippen LogP contribution >= 0.6 is 11.3 Å². The molecule has 2 aromatic heterocycles. The van der Waals surface area contributed by atoms with Gasteiger partial charge in [-0.15, -0.1) is 11.3 Å². The molecule has 13 rings (SSSR count). The molecular formula is C62H50N2SSi. The molecule has 2 atom stereocenters. The van der Waals surface area contributed by atoms with Crippen LogP contribution in [-0.2, 0) is 5.41 Å². The molecule has 3 heterocycles. The van der Waals surface area contributed by atoms with E-state index in [0.29, 0.717) is 0 Å². The summed E-state index contributed by atoms with van der Waals surface area (Å²) in [6.45, 7) is 5.07. The molecule has 11 aromatic rings. The number of thiophene rings is 1. The summed E-state index contributed by atoms with van der Waals surface area (Å²) in [6.07, 6.45) is 4.91. The van der Waals surface area contributed by atoms with Gasteiger partial charge >= 0.3 is 0 Å². The molecule has 318 valence electrons. The Balaban J connectivity index is 1.11. The highest BCUT2D eigenvalue weighted by Gasteiger charge is 2.57. The van der Waals surface area contributed by atoms with Gasteiger partial charge in [0.1, 0.15) is 0 Å². The van der Waals surface area contributed by atoms with E-state index in [0.717, 1.165) is 0 Å². The Morgan fingerprint density at radius 1 is 0.455 bits per heavy atom. The monoisotopic (exact) mass is 882 g/mol. The molecule has 2 unspecified atom stereocenters. The van der Waals surface area contributed by atoms with E-state index in [9.17, 15) is 0 Å². The van der Waals surface area contributed by atoms with E-state index in [1.165, 1.54) is 122 Å². The van der Waals surface area contributed by atoms with E-state index >= 15 is 0 Å². The first-order chi connectivity index (χ1) is 32.5. The Morgan fingerprint density at radius 3 is 1.79 bits per heavy atom. The lowest BCUT2D eigenvalue weighted by atomic mass is 9.61. The molecule has 0 bridgehead atoms. The summed E-state index contributed by atoms with van der Waals surface area (Å²) >= 11 is 1.91. The number of nitrogens with zero attached hydrogens (tertiary/aromatic N) is 2. The lowest BCUT2D eigenvalue weighted by molar-refractivity contribution is 0.195. The third-order valence-corrected chi connectivity index (χ3v) is 21.9. The SMILES string of the molecule is CC12CCCCC1(C)N(c1ccc3c(c1)c1cccc(-c4cccc5c4sc4ccccc45)c1n3-c1cccc([Si](c3ccccc3)(c3ccccc3)c3ccccc3)c1)c1ccccc12. The molecule has 2 nitrogen and oxygen atoms in total. The molecule has 66 heavy (non-hydrogen) atoms. The van der Waals surface area contributed by atoms with Crippen molar-refractivity contribution in [1.82, 2.24) is 4.57 Å². The van der Waals surface area contributed by atoms with Crippen LogP contribution < -0.4 is 25.6 Å². The minimum absolute atomic E-state index is 0.0302. The second-order valence-electron chi connectivity index (χ2n) is 19.1. The van der Waals surface area contributed by atoms with Crippen molar-refractivity contribution in [3.05, 3.63) is 224 Å². The summed E-state index contributed by atoms with van der Waals surface area (Å²) in [5.74, 6) is 0. The number of benzene rings is 9. The molecule has 1 fully saturated rings. The van der Waals surface area contributed by atoms with Crippen LogP contribution in [0.2, 0.25) is 0 Å². The summed E-state index contributed by atoms with van der Waals surface area (Å²) < 4.78 is 5.26. The lowest BCUT2D eigenvalue weighted by Gasteiger charge is -2.50. The normalized spacial score (nSPS) is 18.3. The first-order valence-electron chi connectivity index (χ1n) is 23.6. The smallest absolute Gasteiger partial charge is 0.179 e. The van der Waals surface area contributed by atoms with Gasteiger partial charge in [0, 0.05) is 64.5 Å². The van der Waals surface area contributed by atoms with Gasteiger partial charge in [-0.25, -0.2) is 0 Å². The van der Waals surface area contributed by atoms with Gasteiger partial charge in [0.15, 0.2) is 8.07 Å². The Bertz CT molecular complexity index is 3550. The number of anilines is 2. The molecule has 1 aliphatic carbocycles. The van der Waals surface area contributed by atoms with Crippen LogP contribution in [0.5, 0.6) is 0 Å². The number of aromatic nitrogens is 1. The number of hydrogen-bond donors (Lipinski definition) is 0. The largest absolute Gasteiger partial charge is 0.334 e. The molecule has 0 radical (unpaired) electrons. The van der Waals surface area contributed by atoms with E-state index in [1.807, 2.05) is 11.3 Å². The van der Waals surface area contributed by atoms with Crippen molar-refractivity contribution < 1.29 is 0 Å². The van der Waals surface area contributed by atoms with Crippen molar-refractivity contribution in [2.75, 3.05) is 4.90 Å². The Morgan fingerprint density at radius 2 is 1.05 bits per heavy atom. The number of rotatable bonds is 7. The molecule has 1 saturated carbocycles. The minimum atomic E-state index is -2.82. The average Bonchev–Trinajstić information content (AvgIpc) is 3.99. The zero-order chi connectivity index (χ0) is 44.0. The van der Waals surface area contributed by atoms with E-state index in [2.05, 4.69) is 242 Å². The van der Waals surface area contributed by atoms with Gasteiger partial charge in [0.2, 0.25) is 0 Å². The zero-order valence-corrected chi connectivity index (χ0v) is 39.2. The fourth-order valence-corrected chi connectivity index (χ4v) is 18.7. The molecule has 0 N–H and O–H groups in total. The Labute approximate surface area is 392 Å². The van der Waals surface area contributed by atoms with Crippen LogP contribution in [0.4, 0.5) is 11.4 Å². The topological polar surface area (TPSA) is 8.17 Å². The summed E-state index contributed by atoms with van der Waals surface area (Å²) in [5.41, 5.74) is 10.3.